The van der Waals surface area contributed by atoms with Crippen LogP contribution in [-0.2, 0) is 22.6 Å². The Balaban J connectivity index is 1.52. The number of piperidine rings is 1. The highest BCUT2D eigenvalue weighted by Crippen LogP contribution is 2.33. The summed E-state index contributed by atoms with van der Waals surface area (Å²) in [5.41, 5.74) is 2.58. The van der Waals surface area contributed by atoms with Gasteiger partial charge < -0.3 is 0 Å². The number of sulfone groups is 1. The Hall–Kier alpha value is -1.86. The lowest BCUT2D eigenvalue weighted by molar-refractivity contribution is -0.137. The van der Waals surface area contributed by atoms with Gasteiger partial charge in [-0.3, -0.25) is 4.90 Å². The molecule has 1 atom stereocenters. The van der Waals surface area contributed by atoms with Gasteiger partial charge in [-0.05, 0) is 66.6 Å². The molecular weight excluding hydrogens is 411 g/mol. The van der Waals surface area contributed by atoms with E-state index in [1.807, 2.05) is 19.1 Å². The molecule has 0 aromatic heterocycles. The number of nitrogens with zero attached hydrogens (tertiary/aromatic N) is 1. The summed E-state index contributed by atoms with van der Waals surface area (Å²) in [6.45, 7) is 4.54. The van der Waals surface area contributed by atoms with Crippen molar-refractivity contribution >= 4 is 9.84 Å². The zero-order chi connectivity index (χ0) is 21.9. The Kier molecular flexibility index (Phi) is 6.92. The van der Waals surface area contributed by atoms with Gasteiger partial charge >= 0.3 is 6.18 Å². The van der Waals surface area contributed by atoms with E-state index in [2.05, 4.69) is 17.0 Å². The van der Waals surface area contributed by atoms with Crippen LogP contribution < -0.4 is 0 Å². The molecule has 0 spiro atoms. The third-order valence-electron chi connectivity index (χ3n) is 5.80. The summed E-state index contributed by atoms with van der Waals surface area (Å²) in [6.07, 6.45) is -1.18. The van der Waals surface area contributed by atoms with Crippen molar-refractivity contribution in [1.29, 1.82) is 0 Å². The van der Waals surface area contributed by atoms with E-state index in [4.69, 9.17) is 0 Å². The molecule has 1 fully saturated rings. The molecule has 0 bridgehead atoms. The Bertz CT molecular complexity index is 930. The molecule has 1 saturated heterocycles. The van der Waals surface area contributed by atoms with Crippen molar-refractivity contribution in [2.75, 3.05) is 25.1 Å². The average Bonchev–Trinajstić information content (AvgIpc) is 2.67. The van der Waals surface area contributed by atoms with E-state index in [-0.39, 0.29) is 11.7 Å². The highest BCUT2D eigenvalue weighted by molar-refractivity contribution is 7.90. The summed E-state index contributed by atoms with van der Waals surface area (Å²) >= 11 is 0. The molecule has 0 radical (unpaired) electrons. The third-order valence-corrected chi connectivity index (χ3v) is 6.91. The van der Waals surface area contributed by atoms with Crippen LogP contribution in [0.3, 0.4) is 0 Å². The Labute approximate surface area is 176 Å². The summed E-state index contributed by atoms with van der Waals surface area (Å²) in [5.74, 6) is 0.403. The van der Waals surface area contributed by atoms with Crippen LogP contribution >= 0.6 is 0 Å². The fraction of sp³-hybridized carbons (Fsp3) is 0.478. The summed E-state index contributed by atoms with van der Waals surface area (Å²) in [6, 6.07) is 13.7. The Morgan fingerprint density at radius 3 is 2.07 bits per heavy atom. The monoisotopic (exact) mass is 439 g/mol. The van der Waals surface area contributed by atoms with Crippen LogP contribution in [0.25, 0.3) is 0 Å². The molecule has 0 unspecified atom stereocenters. The van der Waals surface area contributed by atoms with Crippen LogP contribution in [0.15, 0.2) is 48.5 Å². The highest BCUT2D eigenvalue weighted by atomic mass is 32.2. The Morgan fingerprint density at radius 2 is 1.57 bits per heavy atom. The fourth-order valence-corrected chi connectivity index (χ4v) is 5.23. The quantitative estimate of drug-likeness (QED) is 0.618. The maximum Gasteiger partial charge on any atom is 0.416 e. The number of rotatable bonds is 6. The van der Waals surface area contributed by atoms with E-state index >= 15 is 0 Å². The molecule has 7 heteroatoms. The van der Waals surface area contributed by atoms with Gasteiger partial charge in [0.25, 0.3) is 0 Å². The smallest absolute Gasteiger partial charge is 0.299 e. The molecule has 1 aliphatic heterocycles. The minimum atomic E-state index is -4.29. The first kappa shape index (κ1) is 22.8. The summed E-state index contributed by atoms with van der Waals surface area (Å²) < 4.78 is 61.1. The molecule has 2 aromatic rings. The molecule has 30 heavy (non-hydrogen) atoms. The van der Waals surface area contributed by atoms with Gasteiger partial charge in [-0.25, -0.2) is 8.42 Å². The van der Waals surface area contributed by atoms with E-state index in [0.717, 1.165) is 43.6 Å². The van der Waals surface area contributed by atoms with Crippen molar-refractivity contribution in [3.8, 4) is 0 Å². The topological polar surface area (TPSA) is 37.4 Å². The second kappa shape index (κ2) is 9.10. The molecule has 3 nitrogen and oxygen atoms in total. The van der Waals surface area contributed by atoms with Crippen LogP contribution in [0.1, 0.15) is 53.9 Å². The fourth-order valence-electron chi connectivity index (χ4n) is 4.13. The summed E-state index contributed by atoms with van der Waals surface area (Å²) in [4.78, 5) is 2.36. The van der Waals surface area contributed by atoms with Crippen molar-refractivity contribution in [2.24, 2.45) is 0 Å². The predicted molar refractivity (Wildman–Crippen MR) is 113 cm³/mol. The molecule has 2 aromatic carbocycles. The Morgan fingerprint density at radius 1 is 1.00 bits per heavy atom. The van der Waals surface area contributed by atoms with Gasteiger partial charge in [0.1, 0.15) is 9.84 Å². The lowest BCUT2D eigenvalue weighted by atomic mass is 9.89. The van der Waals surface area contributed by atoms with E-state index in [9.17, 15) is 21.6 Å². The first-order chi connectivity index (χ1) is 14.0. The maximum absolute atomic E-state index is 12.7. The zero-order valence-electron chi connectivity index (χ0n) is 17.3. The van der Waals surface area contributed by atoms with Crippen LogP contribution in [0.4, 0.5) is 13.2 Å². The lowest BCUT2D eigenvalue weighted by Gasteiger charge is -2.32. The van der Waals surface area contributed by atoms with Crippen molar-refractivity contribution in [3.63, 3.8) is 0 Å². The number of halogens is 3. The summed E-state index contributed by atoms with van der Waals surface area (Å²) in [5, 5.41) is 0. The van der Waals surface area contributed by atoms with Crippen LogP contribution in [0, 0.1) is 0 Å². The standard InChI is InChI=1S/C23H28F3NO2S/c1-17(16-30(2,28)29)19-5-3-18(4-6-19)15-27-13-11-21(12-14-27)20-7-9-22(10-8-20)23(24,25)26/h3-10,17,21H,11-16H2,1-2H3/t17-/m0/s1. The molecular formula is C23H28F3NO2S. The largest absolute Gasteiger partial charge is 0.416 e. The highest BCUT2D eigenvalue weighted by Gasteiger charge is 2.30. The molecule has 0 saturated carbocycles. The second-order valence-electron chi connectivity index (χ2n) is 8.41. The SMILES string of the molecule is C[C@@H](CS(C)(=O)=O)c1ccc(CN2CCC(c3ccc(C(F)(F)F)cc3)CC2)cc1. The molecule has 3 rings (SSSR count). The first-order valence-corrected chi connectivity index (χ1v) is 12.2. The van der Waals surface area contributed by atoms with Gasteiger partial charge in [0.05, 0.1) is 11.3 Å². The number of hydrogen-bond acceptors (Lipinski definition) is 3. The minimum Gasteiger partial charge on any atom is -0.299 e. The van der Waals surface area contributed by atoms with Crippen molar-refractivity contribution in [2.45, 2.75) is 44.3 Å². The van der Waals surface area contributed by atoms with Gasteiger partial charge in [0.15, 0.2) is 0 Å². The van der Waals surface area contributed by atoms with Gasteiger partial charge in [-0.15, -0.1) is 0 Å². The van der Waals surface area contributed by atoms with E-state index in [0.29, 0.717) is 5.92 Å². The molecule has 0 amide bonds. The number of benzene rings is 2. The van der Waals surface area contributed by atoms with Gasteiger partial charge in [-0.1, -0.05) is 43.3 Å². The molecule has 0 N–H and O–H groups in total. The third kappa shape index (κ3) is 6.32. The van der Waals surface area contributed by atoms with Crippen molar-refractivity contribution in [3.05, 3.63) is 70.8 Å². The van der Waals surface area contributed by atoms with Crippen LogP contribution in [0.2, 0.25) is 0 Å². The molecule has 0 aliphatic carbocycles. The van der Waals surface area contributed by atoms with Crippen LogP contribution in [0.5, 0.6) is 0 Å². The number of alkyl halides is 3. The minimum absolute atomic E-state index is 0.0338. The predicted octanol–water partition coefficient (Wildman–Crippen LogP) is 5.23. The average molecular weight is 440 g/mol. The van der Waals surface area contributed by atoms with Gasteiger partial charge in [0.2, 0.25) is 0 Å². The number of likely N-dealkylation sites (tertiary alicyclic amines) is 1. The lowest BCUT2D eigenvalue weighted by Crippen LogP contribution is -2.32. The van der Waals surface area contributed by atoms with E-state index < -0.39 is 21.6 Å². The first-order valence-electron chi connectivity index (χ1n) is 10.2. The maximum atomic E-state index is 12.7. The van der Waals surface area contributed by atoms with Gasteiger partial charge in [-0.2, -0.15) is 13.2 Å². The number of hydrogen-bond donors (Lipinski definition) is 0. The van der Waals surface area contributed by atoms with E-state index in [1.165, 1.54) is 24.0 Å². The van der Waals surface area contributed by atoms with Crippen molar-refractivity contribution < 1.29 is 21.6 Å². The van der Waals surface area contributed by atoms with Crippen LogP contribution in [-0.4, -0.2) is 38.4 Å². The molecule has 1 aliphatic rings. The van der Waals surface area contributed by atoms with Crippen molar-refractivity contribution in [1.82, 2.24) is 4.90 Å². The second-order valence-corrected chi connectivity index (χ2v) is 10.6. The van der Waals surface area contributed by atoms with E-state index in [1.54, 1.807) is 12.1 Å². The molecule has 1 heterocycles. The normalized spacial score (nSPS) is 17.8. The molecule has 164 valence electrons. The zero-order valence-corrected chi connectivity index (χ0v) is 18.1. The summed E-state index contributed by atoms with van der Waals surface area (Å²) in [7, 11) is -3.01. The van der Waals surface area contributed by atoms with Gasteiger partial charge in [0, 0.05) is 12.8 Å².